The number of carbonyl (C=O) groups is 1. The summed E-state index contributed by atoms with van der Waals surface area (Å²) in [7, 11) is 0. The van der Waals surface area contributed by atoms with E-state index >= 15 is 0 Å². The van der Waals surface area contributed by atoms with Gasteiger partial charge in [-0.3, -0.25) is 0 Å². The zero-order valence-corrected chi connectivity index (χ0v) is 22.5. The molecule has 0 amide bonds. The average Bonchev–Trinajstić information content (AvgIpc) is 3.03. The minimum absolute atomic E-state index is 0.331. The molecule has 0 radical (unpaired) electrons. The molecule has 5 aromatic carbocycles. The molecule has 0 bridgehead atoms. The Bertz CT molecular complexity index is 1850. The van der Waals surface area contributed by atoms with Gasteiger partial charge in [0.15, 0.2) is 11.5 Å². The van der Waals surface area contributed by atoms with Gasteiger partial charge in [-0.1, -0.05) is 78.9 Å². The highest BCUT2D eigenvalue weighted by atomic mass is 16.5. The third-order valence-electron chi connectivity index (χ3n) is 7.27. The second-order valence-corrected chi connectivity index (χ2v) is 9.77. The van der Waals surface area contributed by atoms with Crippen molar-refractivity contribution in [2.45, 2.75) is 6.92 Å². The van der Waals surface area contributed by atoms with Crippen LogP contribution >= 0.6 is 0 Å². The minimum atomic E-state index is -0.331. The van der Waals surface area contributed by atoms with Gasteiger partial charge in [0, 0.05) is 10.9 Å². The van der Waals surface area contributed by atoms with Crippen LogP contribution in [0.1, 0.15) is 17.3 Å². The maximum Gasteiger partial charge on any atom is 0.338 e. The van der Waals surface area contributed by atoms with Crippen molar-refractivity contribution in [3.05, 3.63) is 133 Å². The molecule has 198 valence electrons. The quantitative estimate of drug-likeness (QED) is 0.206. The standard InChI is InChI=1S/C36H26N2O3/c1-2-40-36(39)26-21-19-25(20-22-26)29-23-28(24-11-4-3-5-12-24)27-13-10-16-32(35(27)37-29)38-30-14-6-8-17-33(30)41-34-18-9-7-15-31(34)38/h3-23H,2H2,1H3. The number of para-hydroxylation sites is 5. The first-order valence-electron chi connectivity index (χ1n) is 13.6. The monoisotopic (exact) mass is 534 g/mol. The van der Waals surface area contributed by atoms with E-state index in [1.807, 2.05) is 66.7 Å². The Kier molecular flexibility index (Phi) is 6.17. The van der Waals surface area contributed by atoms with Gasteiger partial charge in [-0.05, 0) is 66.6 Å². The van der Waals surface area contributed by atoms with Gasteiger partial charge in [-0.25, -0.2) is 9.78 Å². The van der Waals surface area contributed by atoms with Crippen LogP contribution in [-0.2, 0) is 4.74 Å². The summed E-state index contributed by atoms with van der Waals surface area (Å²) in [6.45, 7) is 2.14. The van der Waals surface area contributed by atoms with Crippen LogP contribution in [0.4, 0.5) is 17.1 Å². The first kappa shape index (κ1) is 24.6. The summed E-state index contributed by atoms with van der Waals surface area (Å²) in [4.78, 5) is 19.8. The molecule has 0 N–H and O–H groups in total. The van der Waals surface area contributed by atoms with Gasteiger partial charge in [-0.15, -0.1) is 0 Å². The molecule has 5 heteroatoms. The van der Waals surface area contributed by atoms with Crippen LogP contribution in [0.5, 0.6) is 11.5 Å². The normalized spacial score (nSPS) is 11.9. The smallest absolute Gasteiger partial charge is 0.338 e. The number of rotatable bonds is 5. The zero-order chi connectivity index (χ0) is 27.8. The molecule has 0 saturated carbocycles. The Morgan fingerprint density at radius 1 is 0.707 bits per heavy atom. The minimum Gasteiger partial charge on any atom is -0.462 e. The highest BCUT2D eigenvalue weighted by Crippen LogP contribution is 2.51. The van der Waals surface area contributed by atoms with Crippen molar-refractivity contribution in [2.75, 3.05) is 11.5 Å². The number of hydrogen-bond acceptors (Lipinski definition) is 5. The number of ether oxygens (including phenoxy) is 2. The number of carbonyl (C=O) groups excluding carboxylic acids is 1. The number of aromatic nitrogens is 1. The number of pyridine rings is 1. The largest absolute Gasteiger partial charge is 0.462 e. The van der Waals surface area contributed by atoms with Crippen molar-refractivity contribution in [3.8, 4) is 33.9 Å². The second kappa shape index (κ2) is 10.3. The number of nitrogens with zero attached hydrogens (tertiary/aromatic N) is 2. The fraction of sp³-hybridized carbons (Fsp3) is 0.0556. The van der Waals surface area contributed by atoms with E-state index in [1.54, 1.807) is 19.1 Å². The number of hydrogen-bond donors (Lipinski definition) is 0. The van der Waals surface area contributed by atoms with Gasteiger partial charge >= 0.3 is 5.97 Å². The third-order valence-corrected chi connectivity index (χ3v) is 7.27. The van der Waals surface area contributed by atoms with Gasteiger partial charge in [0.25, 0.3) is 0 Å². The van der Waals surface area contributed by atoms with E-state index in [1.165, 1.54) is 0 Å². The van der Waals surface area contributed by atoms with Gasteiger partial charge in [0.2, 0.25) is 0 Å². The Morgan fingerprint density at radius 2 is 1.34 bits per heavy atom. The SMILES string of the molecule is CCOC(=O)c1ccc(-c2cc(-c3ccccc3)c3cccc(N4c5ccccc5Oc5ccccc54)c3n2)cc1. The maximum atomic E-state index is 12.3. The molecule has 0 spiro atoms. The number of fused-ring (bicyclic) bond motifs is 3. The number of benzene rings is 5. The molecule has 0 fully saturated rings. The number of anilines is 3. The van der Waals surface area contributed by atoms with E-state index in [0.717, 1.165) is 61.8 Å². The number of esters is 1. The molecular formula is C36H26N2O3. The highest BCUT2D eigenvalue weighted by molar-refractivity contribution is 6.06. The van der Waals surface area contributed by atoms with E-state index in [-0.39, 0.29) is 5.97 Å². The maximum absolute atomic E-state index is 12.3. The molecule has 0 atom stereocenters. The van der Waals surface area contributed by atoms with E-state index in [0.29, 0.717) is 12.2 Å². The van der Waals surface area contributed by atoms with Crippen molar-refractivity contribution >= 4 is 33.9 Å². The summed E-state index contributed by atoms with van der Waals surface area (Å²) in [5.41, 5.74) is 8.14. The Morgan fingerprint density at radius 3 is 2.02 bits per heavy atom. The summed E-state index contributed by atoms with van der Waals surface area (Å²) in [6.07, 6.45) is 0. The topological polar surface area (TPSA) is 51.7 Å². The fourth-order valence-corrected chi connectivity index (χ4v) is 5.37. The Balaban J connectivity index is 1.47. The predicted octanol–water partition coefficient (Wildman–Crippen LogP) is 9.32. The first-order chi connectivity index (χ1) is 20.2. The van der Waals surface area contributed by atoms with Crippen molar-refractivity contribution < 1.29 is 14.3 Å². The molecule has 0 aliphatic carbocycles. The molecule has 1 aliphatic rings. The van der Waals surface area contributed by atoms with E-state index in [2.05, 4.69) is 53.4 Å². The van der Waals surface area contributed by atoms with Crippen LogP contribution < -0.4 is 9.64 Å². The van der Waals surface area contributed by atoms with E-state index in [4.69, 9.17) is 14.5 Å². The van der Waals surface area contributed by atoms with Crippen LogP contribution in [0.25, 0.3) is 33.3 Å². The molecule has 7 rings (SSSR count). The van der Waals surface area contributed by atoms with Crippen molar-refractivity contribution in [1.29, 1.82) is 0 Å². The van der Waals surface area contributed by atoms with Crippen LogP contribution in [0.2, 0.25) is 0 Å². The van der Waals surface area contributed by atoms with Gasteiger partial charge in [0.1, 0.15) is 0 Å². The van der Waals surface area contributed by atoms with Crippen molar-refractivity contribution in [2.24, 2.45) is 0 Å². The molecule has 41 heavy (non-hydrogen) atoms. The summed E-state index contributed by atoms with van der Waals surface area (Å²) in [6, 6.07) is 42.4. The van der Waals surface area contributed by atoms with Crippen molar-refractivity contribution in [1.82, 2.24) is 4.98 Å². The predicted molar refractivity (Wildman–Crippen MR) is 163 cm³/mol. The van der Waals surface area contributed by atoms with Gasteiger partial charge in [-0.2, -0.15) is 0 Å². The zero-order valence-electron chi connectivity index (χ0n) is 22.5. The Labute approximate surface area is 238 Å². The third kappa shape index (κ3) is 4.38. The fourth-order valence-electron chi connectivity index (χ4n) is 5.37. The molecule has 1 aliphatic heterocycles. The Hall–Kier alpha value is -5.42. The summed E-state index contributed by atoms with van der Waals surface area (Å²) in [5, 5.41) is 1.04. The lowest BCUT2D eigenvalue weighted by Crippen LogP contribution is -2.16. The van der Waals surface area contributed by atoms with Crippen LogP contribution in [0, 0.1) is 0 Å². The lowest BCUT2D eigenvalue weighted by atomic mass is 9.97. The van der Waals surface area contributed by atoms with E-state index in [9.17, 15) is 4.79 Å². The molecule has 0 unspecified atom stereocenters. The molecule has 5 nitrogen and oxygen atoms in total. The van der Waals surface area contributed by atoms with Crippen LogP contribution in [-0.4, -0.2) is 17.6 Å². The summed E-state index contributed by atoms with van der Waals surface area (Å²) < 4.78 is 11.5. The molecule has 6 aromatic rings. The molecule has 2 heterocycles. The molecule has 0 saturated heterocycles. The second-order valence-electron chi connectivity index (χ2n) is 9.77. The molecule has 1 aromatic heterocycles. The van der Waals surface area contributed by atoms with Crippen LogP contribution in [0.15, 0.2) is 127 Å². The van der Waals surface area contributed by atoms with Crippen LogP contribution in [0.3, 0.4) is 0 Å². The summed E-state index contributed by atoms with van der Waals surface area (Å²) >= 11 is 0. The first-order valence-corrected chi connectivity index (χ1v) is 13.6. The lowest BCUT2D eigenvalue weighted by molar-refractivity contribution is 0.0526. The average molecular weight is 535 g/mol. The molecular weight excluding hydrogens is 508 g/mol. The van der Waals surface area contributed by atoms with Crippen molar-refractivity contribution in [3.63, 3.8) is 0 Å². The van der Waals surface area contributed by atoms with Gasteiger partial charge < -0.3 is 14.4 Å². The highest BCUT2D eigenvalue weighted by Gasteiger charge is 2.27. The van der Waals surface area contributed by atoms with Gasteiger partial charge in [0.05, 0.1) is 40.4 Å². The summed E-state index contributed by atoms with van der Waals surface area (Å²) in [5.74, 6) is 1.25. The lowest BCUT2D eigenvalue weighted by Gasteiger charge is -2.33. The van der Waals surface area contributed by atoms with E-state index < -0.39 is 0 Å².